The van der Waals surface area contributed by atoms with Crippen molar-refractivity contribution >= 4 is 5.83 Å². The number of fused-ring (bicyclic) bond motifs is 1. The van der Waals surface area contributed by atoms with Gasteiger partial charge in [-0.15, -0.1) is 0 Å². The van der Waals surface area contributed by atoms with Crippen LogP contribution in [0, 0.1) is 23.3 Å². The van der Waals surface area contributed by atoms with E-state index in [2.05, 4.69) is 0 Å². The van der Waals surface area contributed by atoms with E-state index in [-0.39, 0.29) is 0 Å². The molecule has 0 unspecified atom stereocenters. The molecule has 0 amide bonds. The van der Waals surface area contributed by atoms with Gasteiger partial charge in [-0.2, -0.15) is 0 Å². The summed E-state index contributed by atoms with van der Waals surface area (Å²) in [5, 5.41) is 0. The van der Waals surface area contributed by atoms with E-state index in [4.69, 9.17) is 0 Å². The first-order valence-corrected chi connectivity index (χ1v) is 3.84. The van der Waals surface area contributed by atoms with Crippen LogP contribution in [0.4, 0.5) is 26.3 Å². The van der Waals surface area contributed by atoms with E-state index < -0.39 is 52.5 Å². The number of rotatable bonds is 0. The van der Waals surface area contributed by atoms with Crippen LogP contribution in [0.25, 0.3) is 5.83 Å². The molecule has 0 saturated heterocycles. The minimum atomic E-state index is -2.14. The van der Waals surface area contributed by atoms with Crippen LogP contribution < -0.4 is 0 Å². The molecule has 0 saturated carbocycles. The van der Waals surface area contributed by atoms with Crippen molar-refractivity contribution < 1.29 is 26.3 Å². The van der Waals surface area contributed by atoms with E-state index in [1.165, 1.54) is 0 Å². The highest BCUT2D eigenvalue weighted by Crippen LogP contribution is 2.39. The van der Waals surface area contributed by atoms with E-state index in [1.54, 1.807) is 0 Å². The summed E-state index contributed by atoms with van der Waals surface area (Å²) in [6.45, 7) is 0. The smallest absolute Gasteiger partial charge is 0.198 e. The van der Waals surface area contributed by atoms with Crippen molar-refractivity contribution in [3.63, 3.8) is 0 Å². The summed E-state index contributed by atoms with van der Waals surface area (Å²) in [6, 6.07) is 0. The summed E-state index contributed by atoms with van der Waals surface area (Å²) in [6.07, 6.45) is -0.902. The van der Waals surface area contributed by atoms with Gasteiger partial charge in [-0.1, -0.05) is 0 Å². The van der Waals surface area contributed by atoms with Crippen molar-refractivity contribution in [3.05, 3.63) is 40.2 Å². The van der Waals surface area contributed by atoms with Gasteiger partial charge in [0.1, 0.15) is 5.83 Å². The molecule has 0 fully saturated rings. The van der Waals surface area contributed by atoms with Crippen LogP contribution in [0.15, 0.2) is 5.83 Å². The summed E-state index contributed by atoms with van der Waals surface area (Å²) >= 11 is 0. The fourth-order valence-electron chi connectivity index (χ4n) is 1.44. The van der Waals surface area contributed by atoms with Crippen LogP contribution in [0.1, 0.15) is 11.1 Å². The zero-order valence-corrected chi connectivity index (χ0v) is 6.97. The molecule has 1 aliphatic rings. The number of allylic oxidation sites excluding steroid dienone is 1. The second-order valence-electron chi connectivity index (χ2n) is 3.01. The predicted octanol–water partition coefficient (Wildman–Crippen LogP) is 3.41. The third kappa shape index (κ3) is 1.17. The Morgan fingerprint density at radius 1 is 0.667 bits per heavy atom. The molecular formula is C9H2F6. The van der Waals surface area contributed by atoms with Crippen molar-refractivity contribution in [3.8, 4) is 0 Å². The summed E-state index contributed by atoms with van der Waals surface area (Å²) in [5.41, 5.74) is -2.00. The Kier molecular flexibility index (Phi) is 2.02. The number of hydrogen-bond donors (Lipinski definition) is 0. The molecule has 0 nitrogen and oxygen atoms in total. The summed E-state index contributed by atoms with van der Waals surface area (Å²) in [7, 11) is 0. The Balaban J connectivity index is 2.83. The standard InChI is InChI=1S/C9H2F6/c10-3-1-2-4(6(3)12)7(13)9(15)8(14)5(2)11/h1H2. The minimum absolute atomic E-state index is 0.832. The maximum absolute atomic E-state index is 12.9. The van der Waals surface area contributed by atoms with Gasteiger partial charge in [0.05, 0.1) is 5.56 Å². The van der Waals surface area contributed by atoms with Crippen molar-refractivity contribution in [2.75, 3.05) is 0 Å². The number of hydrogen-bond acceptors (Lipinski definition) is 0. The normalized spacial score (nSPS) is 14.8. The minimum Gasteiger partial charge on any atom is -0.208 e. The molecule has 0 aliphatic heterocycles. The van der Waals surface area contributed by atoms with Crippen LogP contribution in [0.2, 0.25) is 0 Å². The summed E-state index contributed by atoms with van der Waals surface area (Å²) in [4.78, 5) is 0. The molecule has 6 heteroatoms. The Bertz CT molecular complexity index is 488. The van der Waals surface area contributed by atoms with Gasteiger partial charge in [-0.05, 0) is 0 Å². The first-order valence-electron chi connectivity index (χ1n) is 3.84. The van der Waals surface area contributed by atoms with Gasteiger partial charge in [-0.25, -0.2) is 26.3 Å². The Morgan fingerprint density at radius 3 is 1.80 bits per heavy atom. The van der Waals surface area contributed by atoms with Crippen LogP contribution in [0.3, 0.4) is 0 Å². The second kappa shape index (κ2) is 3.01. The number of benzene rings is 1. The molecule has 80 valence electrons. The molecule has 0 spiro atoms. The van der Waals surface area contributed by atoms with Gasteiger partial charge in [-0.3, -0.25) is 0 Å². The molecule has 0 bridgehead atoms. The Morgan fingerprint density at radius 2 is 1.20 bits per heavy atom. The molecular weight excluding hydrogens is 222 g/mol. The van der Waals surface area contributed by atoms with Gasteiger partial charge in [0.25, 0.3) is 0 Å². The zero-order valence-electron chi connectivity index (χ0n) is 6.97. The average molecular weight is 224 g/mol. The SMILES string of the molecule is FC1=C(F)c2c(F)c(F)c(F)c(F)c2C1. The lowest BCUT2D eigenvalue weighted by molar-refractivity contribution is 0.403. The van der Waals surface area contributed by atoms with E-state index in [9.17, 15) is 26.3 Å². The summed E-state index contributed by atoms with van der Waals surface area (Å²) in [5.74, 6) is -11.0. The van der Waals surface area contributed by atoms with E-state index in [0.717, 1.165) is 0 Å². The van der Waals surface area contributed by atoms with E-state index >= 15 is 0 Å². The van der Waals surface area contributed by atoms with E-state index in [1.807, 2.05) is 0 Å². The Hall–Kier alpha value is -1.46. The third-order valence-corrected chi connectivity index (χ3v) is 2.15. The Labute approximate surface area is 79.8 Å². The van der Waals surface area contributed by atoms with Crippen molar-refractivity contribution in [2.45, 2.75) is 6.42 Å². The highest BCUT2D eigenvalue weighted by atomic mass is 19.2. The third-order valence-electron chi connectivity index (χ3n) is 2.15. The largest absolute Gasteiger partial charge is 0.208 e. The highest BCUT2D eigenvalue weighted by Gasteiger charge is 2.34. The number of halogens is 6. The van der Waals surface area contributed by atoms with Crippen LogP contribution in [0.5, 0.6) is 0 Å². The quantitative estimate of drug-likeness (QED) is 0.360. The van der Waals surface area contributed by atoms with Crippen LogP contribution >= 0.6 is 0 Å². The van der Waals surface area contributed by atoms with Crippen molar-refractivity contribution in [2.24, 2.45) is 0 Å². The molecule has 1 aromatic rings. The molecule has 15 heavy (non-hydrogen) atoms. The topological polar surface area (TPSA) is 0 Å². The molecule has 0 N–H and O–H groups in total. The monoisotopic (exact) mass is 224 g/mol. The molecule has 0 radical (unpaired) electrons. The predicted molar refractivity (Wildman–Crippen MR) is 39.1 cm³/mol. The lowest BCUT2D eigenvalue weighted by Gasteiger charge is -2.05. The second-order valence-corrected chi connectivity index (χ2v) is 3.01. The van der Waals surface area contributed by atoms with Gasteiger partial charge >= 0.3 is 0 Å². The molecule has 1 aliphatic carbocycles. The lowest BCUT2D eigenvalue weighted by atomic mass is 10.1. The van der Waals surface area contributed by atoms with Gasteiger partial charge in [0.15, 0.2) is 29.1 Å². The molecule has 0 atom stereocenters. The molecule has 2 rings (SSSR count). The maximum atomic E-state index is 12.9. The van der Waals surface area contributed by atoms with E-state index in [0.29, 0.717) is 0 Å². The average Bonchev–Trinajstić information content (AvgIpc) is 2.50. The first-order chi connectivity index (χ1) is 6.95. The lowest BCUT2D eigenvalue weighted by Crippen LogP contribution is -2.03. The van der Waals surface area contributed by atoms with Crippen LogP contribution in [-0.4, -0.2) is 0 Å². The molecule has 0 aromatic heterocycles. The van der Waals surface area contributed by atoms with Crippen molar-refractivity contribution in [1.82, 2.24) is 0 Å². The van der Waals surface area contributed by atoms with Gasteiger partial charge in [0.2, 0.25) is 0 Å². The first kappa shape index (κ1) is 10.1. The van der Waals surface area contributed by atoms with Crippen LogP contribution in [-0.2, 0) is 6.42 Å². The van der Waals surface area contributed by atoms with Gasteiger partial charge < -0.3 is 0 Å². The highest BCUT2D eigenvalue weighted by molar-refractivity contribution is 5.70. The fourth-order valence-corrected chi connectivity index (χ4v) is 1.44. The molecule has 0 heterocycles. The van der Waals surface area contributed by atoms with Gasteiger partial charge in [0, 0.05) is 12.0 Å². The van der Waals surface area contributed by atoms with Crippen molar-refractivity contribution in [1.29, 1.82) is 0 Å². The fraction of sp³-hybridized carbons (Fsp3) is 0.111. The maximum Gasteiger partial charge on any atom is 0.198 e. The summed E-state index contributed by atoms with van der Waals surface area (Å²) < 4.78 is 76.7. The molecule has 1 aromatic carbocycles. The zero-order chi connectivity index (χ0) is 11.3.